The smallest absolute Gasteiger partial charge is 0.255 e. The van der Waals surface area contributed by atoms with Crippen molar-refractivity contribution in [1.82, 2.24) is 0 Å². The molecular weight excluding hydrogens is 267 g/mol. The molecule has 3 nitrogen and oxygen atoms in total. The van der Waals surface area contributed by atoms with E-state index < -0.39 is 11.7 Å². The van der Waals surface area contributed by atoms with E-state index in [-0.39, 0.29) is 5.02 Å². The average Bonchev–Trinajstić information content (AvgIpc) is 2.43. The van der Waals surface area contributed by atoms with Gasteiger partial charge < -0.3 is 5.32 Å². The van der Waals surface area contributed by atoms with Crippen LogP contribution in [-0.4, -0.2) is 5.91 Å². The van der Waals surface area contributed by atoms with Crippen LogP contribution < -0.4 is 5.32 Å². The van der Waals surface area contributed by atoms with Gasteiger partial charge in [0.15, 0.2) is 0 Å². The monoisotopic (exact) mass is 274 g/mol. The van der Waals surface area contributed by atoms with Crippen LogP contribution in [0.25, 0.3) is 0 Å². The van der Waals surface area contributed by atoms with E-state index in [1.165, 1.54) is 18.2 Å². The SMILES string of the molecule is N#Cc1cccc(C(=O)Nc2ccc(Cl)c(F)c2)c1. The first kappa shape index (κ1) is 13.1. The maximum Gasteiger partial charge on any atom is 0.255 e. The Morgan fingerprint density at radius 2 is 2.05 bits per heavy atom. The number of rotatable bonds is 2. The summed E-state index contributed by atoms with van der Waals surface area (Å²) in [6.45, 7) is 0. The van der Waals surface area contributed by atoms with Gasteiger partial charge in [0.1, 0.15) is 5.82 Å². The molecule has 94 valence electrons. The van der Waals surface area contributed by atoms with Gasteiger partial charge in [-0.3, -0.25) is 4.79 Å². The van der Waals surface area contributed by atoms with Gasteiger partial charge in [0.05, 0.1) is 16.7 Å². The van der Waals surface area contributed by atoms with Crippen LogP contribution in [0.5, 0.6) is 0 Å². The summed E-state index contributed by atoms with van der Waals surface area (Å²) in [6, 6.07) is 12.2. The van der Waals surface area contributed by atoms with Gasteiger partial charge >= 0.3 is 0 Å². The van der Waals surface area contributed by atoms with Crippen LogP contribution in [0, 0.1) is 17.1 Å². The molecule has 0 atom stereocenters. The number of carbonyl (C=O) groups excluding carboxylic acids is 1. The molecule has 0 heterocycles. The van der Waals surface area contributed by atoms with Gasteiger partial charge in [-0.05, 0) is 36.4 Å². The Morgan fingerprint density at radius 1 is 1.26 bits per heavy atom. The van der Waals surface area contributed by atoms with Crippen molar-refractivity contribution in [3.05, 3.63) is 64.4 Å². The molecule has 2 aromatic carbocycles. The predicted octanol–water partition coefficient (Wildman–Crippen LogP) is 3.60. The Bertz CT molecular complexity index is 679. The lowest BCUT2D eigenvalue weighted by Crippen LogP contribution is -2.12. The van der Waals surface area contributed by atoms with Crippen molar-refractivity contribution in [3.63, 3.8) is 0 Å². The highest BCUT2D eigenvalue weighted by atomic mass is 35.5. The van der Waals surface area contributed by atoms with Crippen molar-refractivity contribution in [1.29, 1.82) is 5.26 Å². The summed E-state index contributed by atoms with van der Waals surface area (Å²) in [5, 5.41) is 11.3. The Morgan fingerprint density at radius 3 is 2.74 bits per heavy atom. The van der Waals surface area contributed by atoms with E-state index in [4.69, 9.17) is 16.9 Å². The number of nitriles is 1. The number of nitrogens with zero attached hydrogens (tertiary/aromatic N) is 1. The first-order chi connectivity index (χ1) is 9.10. The summed E-state index contributed by atoms with van der Waals surface area (Å²) in [7, 11) is 0. The van der Waals surface area contributed by atoms with Crippen LogP contribution in [0.1, 0.15) is 15.9 Å². The summed E-state index contributed by atoms with van der Waals surface area (Å²) < 4.78 is 13.2. The minimum absolute atomic E-state index is 0.00974. The highest BCUT2D eigenvalue weighted by molar-refractivity contribution is 6.30. The third-order valence-electron chi connectivity index (χ3n) is 2.43. The molecule has 0 unspecified atom stereocenters. The fourth-order valence-electron chi connectivity index (χ4n) is 1.51. The lowest BCUT2D eigenvalue weighted by molar-refractivity contribution is 0.102. The number of halogens is 2. The van der Waals surface area contributed by atoms with E-state index in [0.29, 0.717) is 16.8 Å². The van der Waals surface area contributed by atoms with Crippen LogP contribution >= 0.6 is 11.6 Å². The zero-order valence-electron chi connectivity index (χ0n) is 9.65. The quantitative estimate of drug-likeness (QED) is 0.909. The fourth-order valence-corrected chi connectivity index (χ4v) is 1.62. The van der Waals surface area contributed by atoms with Gasteiger partial charge in [0, 0.05) is 11.3 Å². The number of nitrogens with one attached hydrogen (secondary N) is 1. The molecule has 2 aromatic rings. The largest absolute Gasteiger partial charge is 0.322 e. The maximum atomic E-state index is 13.2. The third kappa shape index (κ3) is 3.09. The van der Waals surface area contributed by atoms with E-state index in [1.807, 2.05) is 6.07 Å². The lowest BCUT2D eigenvalue weighted by Gasteiger charge is -2.06. The Hall–Kier alpha value is -2.38. The van der Waals surface area contributed by atoms with Crippen LogP contribution in [0.2, 0.25) is 5.02 Å². The molecule has 0 spiro atoms. The zero-order chi connectivity index (χ0) is 13.8. The molecular formula is C14H8ClFN2O. The lowest BCUT2D eigenvalue weighted by atomic mass is 10.1. The van der Waals surface area contributed by atoms with Crippen molar-refractivity contribution < 1.29 is 9.18 Å². The molecule has 0 aromatic heterocycles. The van der Waals surface area contributed by atoms with E-state index in [9.17, 15) is 9.18 Å². The Kier molecular flexibility index (Phi) is 3.79. The normalized spacial score (nSPS) is 9.74. The maximum absolute atomic E-state index is 13.2. The van der Waals surface area contributed by atoms with Gasteiger partial charge in [0.25, 0.3) is 5.91 Å². The number of benzene rings is 2. The second kappa shape index (κ2) is 5.51. The van der Waals surface area contributed by atoms with Crippen molar-refractivity contribution in [2.24, 2.45) is 0 Å². The van der Waals surface area contributed by atoms with Crippen molar-refractivity contribution in [2.45, 2.75) is 0 Å². The summed E-state index contributed by atoms with van der Waals surface area (Å²) in [6.07, 6.45) is 0. The molecule has 1 N–H and O–H groups in total. The second-order valence-corrected chi connectivity index (χ2v) is 4.18. The van der Waals surface area contributed by atoms with Gasteiger partial charge in [-0.2, -0.15) is 5.26 Å². The summed E-state index contributed by atoms with van der Waals surface area (Å²) in [4.78, 5) is 11.9. The van der Waals surface area contributed by atoms with Crippen molar-refractivity contribution in [2.75, 3.05) is 5.32 Å². The number of anilines is 1. The minimum atomic E-state index is -0.606. The van der Waals surface area contributed by atoms with Gasteiger partial charge in [-0.15, -0.1) is 0 Å². The minimum Gasteiger partial charge on any atom is -0.322 e. The number of carbonyl (C=O) groups is 1. The Labute approximate surface area is 114 Å². The molecule has 5 heteroatoms. The number of amides is 1. The molecule has 0 radical (unpaired) electrons. The van der Waals surface area contributed by atoms with E-state index in [0.717, 1.165) is 6.07 Å². The first-order valence-electron chi connectivity index (χ1n) is 5.37. The second-order valence-electron chi connectivity index (χ2n) is 3.78. The number of hydrogen-bond donors (Lipinski definition) is 1. The van der Waals surface area contributed by atoms with Crippen molar-refractivity contribution >= 4 is 23.2 Å². The Balaban J connectivity index is 2.21. The molecule has 0 fully saturated rings. The highest BCUT2D eigenvalue weighted by Gasteiger charge is 2.08. The molecule has 0 saturated heterocycles. The van der Waals surface area contributed by atoms with Crippen LogP contribution in [-0.2, 0) is 0 Å². The fraction of sp³-hybridized carbons (Fsp3) is 0. The van der Waals surface area contributed by atoms with Crippen LogP contribution in [0.15, 0.2) is 42.5 Å². The molecule has 1 amide bonds. The van der Waals surface area contributed by atoms with Crippen LogP contribution in [0.3, 0.4) is 0 Å². The third-order valence-corrected chi connectivity index (χ3v) is 2.74. The standard InChI is InChI=1S/C14H8ClFN2O/c15-12-5-4-11(7-13(12)16)18-14(19)10-3-1-2-9(6-10)8-17/h1-7H,(H,18,19). The summed E-state index contributed by atoms with van der Waals surface area (Å²) in [5.74, 6) is -1.02. The predicted molar refractivity (Wildman–Crippen MR) is 70.5 cm³/mol. The molecule has 0 aliphatic carbocycles. The van der Waals surface area contributed by atoms with E-state index in [2.05, 4.69) is 5.32 Å². The molecule has 0 aliphatic rings. The molecule has 0 saturated carbocycles. The summed E-state index contributed by atoms with van der Waals surface area (Å²) in [5.41, 5.74) is 1.01. The topological polar surface area (TPSA) is 52.9 Å². The number of hydrogen-bond acceptors (Lipinski definition) is 2. The first-order valence-corrected chi connectivity index (χ1v) is 5.74. The molecule has 0 aliphatic heterocycles. The molecule has 2 rings (SSSR count). The van der Waals surface area contributed by atoms with E-state index in [1.54, 1.807) is 18.2 Å². The average molecular weight is 275 g/mol. The van der Waals surface area contributed by atoms with E-state index >= 15 is 0 Å². The molecule has 19 heavy (non-hydrogen) atoms. The van der Waals surface area contributed by atoms with Gasteiger partial charge in [0.2, 0.25) is 0 Å². The van der Waals surface area contributed by atoms with Crippen molar-refractivity contribution in [3.8, 4) is 6.07 Å². The van der Waals surface area contributed by atoms with Gasteiger partial charge in [-0.25, -0.2) is 4.39 Å². The van der Waals surface area contributed by atoms with Crippen LogP contribution in [0.4, 0.5) is 10.1 Å². The highest BCUT2D eigenvalue weighted by Crippen LogP contribution is 2.19. The molecule has 0 bridgehead atoms. The zero-order valence-corrected chi connectivity index (χ0v) is 10.4. The summed E-state index contributed by atoms with van der Waals surface area (Å²) >= 11 is 5.55. The van der Waals surface area contributed by atoms with Gasteiger partial charge in [-0.1, -0.05) is 17.7 Å².